The zero-order valence-corrected chi connectivity index (χ0v) is 11.1. The molecule has 6 heteroatoms. The van der Waals surface area contributed by atoms with Gasteiger partial charge < -0.3 is 0 Å². The van der Waals surface area contributed by atoms with E-state index in [2.05, 4.69) is 4.98 Å². The van der Waals surface area contributed by atoms with Gasteiger partial charge in [-0.25, -0.2) is 4.98 Å². The van der Waals surface area contributed by atoms with Gasteiger partial charge in [-0.05, 0) is 30.5 Å². The smallest absolute Gasteiger partial charge is 0.173 e. The third-order valence-corrected chi connectivity index (χ3v) is 3.27. The van der Waals surface area contributed by atoms with Crippen LogP contribution >= 0.6 is 23.4 Å². The monoisotopic (exact) mass is 276 g/mol. The number of nitrogens with one attached hydrogen (secondary N) is 1. The highest BCUT2D eigenvalue weighted by atomic mass is 35.5. The van der Waals surface area contributed by atoms with E-state index >= 15 is 0 Å². The lowest BCUT2D eigenvalue weighted by Gasteiger charge is -2.11. The number of rotatable bonds is 2. The van der Waals surface area contributed by atoms with Gasteiger partial charge in [-0.3, -0.25) is 9.98 Å². The lowest BCUT2D eigenvalue weighted by atomic mass is 10.3. The van der Waals surface area contributed by atoms with Crippen molar-refractivity contribution < 1.29 is 0 Å². The van der Waals surface area contributed by atoms with Gasteiger partial charge in [-0.2, -0.15) is 5.26 Å². The van der Waals surface area contributed by atoms with E-state index in [9.17, 15) is 0 Å². The fourth-order valence-electron chi connectivity index (χ4n) is 1.51. The van der Waals surface area contributed by atoms with Crippen molar-refractivity contribution in [1.82, 2.24) is 9.55 Å². The predicted octanol–water partition coefficient (Wildman–Crippen LogP) is 2.60. The summed E-state index contributed by atoms with van der Waals surface area (Å²) in [4.78, 5) is 4.18. The van der Waals surface area contributed by atoms with E-state index in [-0.39, 0.29) is 11.1 Å². The van der Waals surface area contributed by atoms with Gasteiger partial charge >= 0.3 is 0 Å². The maximum atomic E-state index is 8.95. The normalized spacial score (nSPS) is 10.1. The number of halogens is 1. The molecule has 90 valence electrons. The lowest BCUT2D eigenvalue weighted by molar-refractivity contribution is 0.762. The zero-order valence-electron chi connectivity index (χ0n) is 9.51. The Balaban J connectivity index is 2.73. The van der Waals surface area contributed by atoms with E-state index in [0.29, 0.717) is 10.2 Å². The highest BCUT2D eigenvalue weighted by molar-refractivity contribution is 7.98. The Hall–Kier alpha value is -1.77. The van der Waals surface area contributed by atoms with Crippen molar-refractivity contribution in [3.8, 4) is 11.8 Å². The number of hydrogen-bond acceptors (Lipinski definition) is 4. The summed E-state index contributed by atoms with van der Waals surface area (Å²) in [6.45, 7) is 0. The summed E-state index contributed by atoms with van der Waals surface area (Å²) in [5.74, 6) is 0. The first-order chi connectivity index (χ1) is 8.67. The summed E-state index contributed by atoms with van der Waals surface area (Å²) in [5.41, 5.74) is 1.13. The molecule has 0 aliphatic heterocycles. The van der Waals surface area contributed by atoms with Crippen LogP contribution in [-0.4, -0.2) is 15.8 Å². The number of nitriles is 1. The number of thioether (sulfide) groups is 1. The third-order valence-electron chi connectivity index (χ3n) is 2.36. The van der Waals surface area contributed by atoms with Gasteiger partial charge in [-0.1, -0.05) is 23.4 Å². The molecule has 2 aromatic rings. The maximum absolute atomic E-state index is 8.95. The summed E-state index contributed by atoms with van der Waals surface area (Å²) < 4.78 is 1.62. The van der Waals surface area contributed by atoms with Crippen molar-refractivity contribution in [3.05, 3.63) is 46.5 Å². The molecule has 4 nitrogen and oxygen atoms in total. The van der Waals surface area contributed by atoms with Crippen LogP contribution in [0.2, 0.25) is 5.02 Å². The van der Waals surface area contributed by atoms with Gasteiger partial charge in [0, 0.05) is 10.7 Å². The highest BCUT2D eigenvalue weighted by Crippen LogP contribution is 2.17. The summed E-state index contributed by atoms with van der Waals surface area (Å²) in [5, 5.41) is 18.3. The summed E-state index contributed by atoms with van der Waals surface area (Å²) in [7, 11) is 0. The predicted molar refractivity (Wildman–Crippen MR) is 70.9 cm³/mol. The second kappa shape index (κ2) is 5.25. The highest BCUT2D eigenvalue weighted by Gasteiger charge is 2.08. The van der Waals surface area contributed by atoms with Crippen molar-refractivity contribution in [1.29, 1.82) is 10.7 Å². The quantitative estimate of drug-likeness (QED) is 0.677. The molecule has 0 bridgehead atoms. The van der Waals surface area contributed by atoms with E-state index in [4.69, 9.17) is 22.3 Å². The molecule has 0 saturated carbocycles. The fraction of sp³-hybridized carbons (Fsp3) is 0.0833. The SMILES string of the molecule is CSc1ncc(C#N)c(=N)n1-c1ccc(Cl)cc1. The van der Waals surface area contributed by atoms with Crippen LogP contribution in [-0.2, 0) is 0 Å². The molecule has 0 atom stereocenters. The van der Waals surface area contributed by atoms with Crippen LogP contribution in [0.3, 0.4) is 0 Å². The first-order valence-corrected chi connectivity index (χ1v) is 6.64. The van der Waals surface area contributed by atoms with E-state index in [1.165, 1.54) is 18.0 Å². The Labute approximate surface area is 113 Å². The Bertz CT molecular complexity index is 670. The van der Waals surface area contributed by atoms with Crippen LogP contribution in [0.1, 0.15) is 5.56 Å². The first kappa shape index (κ1) is 12.7. The van der Waals surface area contributed by atoms with Crippen LogP contribution < -0.4 is 5.49 Å². The van der Waals surface area contributed by atoms with Crippen LogP contribution in [0.15, 0.2) is 35.6 Å². The summed E-state index contributed by atoms with van der Waals surface area (Å²) in [6.07, 6.45) is 3.29. The first-order valence-electron chi connectivity index (χ1n) is 5.04. The van der Waals surface area contributed by atoms with Crippen molar-refractivity contribution in [3.63, 3.8) is 0 Å². The molecule has 18 heavy (non-hydrogen) atoms. The number of nitrogens with zero attached hydrogens (tertiary/aromatic N) is 3. The lowest BCUT2D eigenvalue weighted by Crippen LogP contribution is -2.23. The maximum Gasteiger partial charge on any atom is 0.173 e. The van der Waals surface area contributed by atoms with Crippen molar-refractivity contribution in [2.75, 3.05) is 6.26 Å². The zero-order chi connectivity index (χ0) is 13.1. The largest absolute Gasteiger partial charge is 0.283 e. The fourth-order valence-corrected chi connectivity index (χ4v) is 2.17. The molecule has 0 spiro atoms. The molecular weight excluding hydrogens is 268 g/mol. The minimum atomic E-state index is 0.124. The Morgan fingerprint density at radius 1 is 1.39 bits per heavy atom. The van der Waals surface area contributed by atoms with E-state index < -0.39 is 0 Å². The van der Waals surface area contributed by atoms with Crippen molar-refractivity contribution >= 4 is 23.4 Å². The Morgan fingerprint density at radius 3 is 2.61 bits per heavy atom. The minimum Gasteiger partial charge on any atom is -0.283 e. The molecule has 2 rings (SSSR count). The van der Waals surface area contributed by atoms with Gasteiger partial charge in [0.05, 0.1) is 6.20 Å². The molecule has 0 amide bonds. The van der Waals surface area contributed by atoms with Gasteiger partial charge in [0.2, 0.25) is 0 Å². The van der Waals surface area contributed by atoms with Gasteiger partial charge in [-0.15, -0.1) is 0 Å². The minimum absolute atomic E-state index is 0.124. The second-order valence-corrected chi connectivity index (χ2v) is 4.64. The molecule has 1 aromatic carbocycles. The average molecular weight is 277 g/mol. The molecule has 0 fully saturated rings. The molecule has 0 aliphatic rings. The summed E-state index contributed by atoms with van der Waals surface area (Å²) >= 11 is 7.26. The van der Waals surface area contributed by atoms with Crippen molar-refractivity contribution in [2.24, 2.45) is 0 Å². The van der Waals surface area contributed by atoms with E-state index in [0.717, 1.165) is 5.69 Å². The van der Waals surface area contributed by atoms with Crippen LogP contribution in [0.5, 0.6) is 0 Å². The van der Waals surface area contributed by atoms with Gasteiger partial charge in [0.15, 0.2) is 10.6 Å². The number of hydrogen-bond donors (Lipinski definition) is 1. The number of aromatic nitrogens is 2. The van der Waals surface area contributed by atoms with Gasteiger partial charge in [0.1, 0.15) is 11.6 Å². The van der Waals surface area contributed by atoms with E-state index in [1.54, 1.807) is 28.8 Å². The second-order valence-electron chi connectivity index (χ2n) is 3.43. The van der Waals surface area contributed by atoms with Crippen LogP contribution in [0.4, 0.5) is 0 Å². The molecule has 1 heterocycles. The molecule has 0 saturated heterocycles. The molecular formula is C12H9ClN4S. The van der Waals surface area contributed by atoms with E-state index in [1.807, 2.05) is 12.3 Å². The molecule has 1 aromatic heterocycles. The Morgan fingerprint density at radius 2 is 2.06 bits per heavy atom. The molecule has 0 aliphatic carbocycles. The van der Waals surface area contributed by atoms with Crippen LogP contribution in [0, 0.1) is 16.7 Å². The topological polar surface area (TPSA) is 65.5 Å². The van der Waals surface area contributed by atoms with Crippen LogP contribution in [0.25, 0.3) is 5.69 Å². The summed E-state index contributed by atoms with van der Waals surface area (Å²) in [6, 6.07) is 9.04. The Kier molecular flexibility index (Phi) is 3.70. The number of benzene rings is 1. The average Bonchev–Trinajstić information content (AvgIpc) is 2.39. The molecule has 0 unspecified atom stereocenters. The van der Waals surface area contributed by atoms with Crippen molar-refractivity contribution in [2.45, 2.75) is 5.16 Å². The standard InChI is InChI=1S/C12H9ClN4S/c1-18-12-16-7-8(6-14)11(15)17(12)10-4-2-9(13)3-5-10/h2-5,7,15H,1H3. The molecule has 0 radical (unpaired) electrons. The van der Waals surface area contributed by atoms with Gasteiger partial charge in [0.25, 0.3) is 0 Å². The molecule has 1 N–H and O–H groups in total. The third kappa shape index (κ3) is 2.26.